The van der Waals surface area contributed by atoms with Crippen LogP contribution in [0, 0.1) is 0 Å². The Morgan fingerprint density at radius 2 is 1.96 bits per heavy atom. The predicted octanol–water partition coefficient (Wildman–Crippen LogP) is 1.15. The van der Waals surface area contributed by atoms with E-state index < -0.39 is 33.9 Å². The first-order valence-electron chi connectivity index (χ1n) is 7.61. The van der Waals surface area contributed by atoms with E-state index in [0.29, 0.717) is 0 Å². The Balaban J connectivity index is 1.80. The van der Waals surface area contributed by atoms with Crippen molar-refractivity contribution in [1.82, 2.24) is 4.72 Å². The number of anilines is 1. The highest BCUT2D eigenvalue weighted by Gasteiger charge is 2.21. The van der Waals surface area contributed by atoms with E-state index in [4.69, 9.17) is 10.5 Å². The number of sulfonamides is 1. The molecule has 2 aromatic rings. The summed E-state index contributed by atoms with van der Waals surface area (Å²) in [7, 11) is -3.67. The zero-order valence-electron chi connectivity index (χ0n) is 14.1. The van der Waals surface area contributed by atoms with Gasteiger partial charge in [-0.25, -0.2) is 13.1 Å². The highest BCUT2D eigenvalue weighted by Crippen LogP contribution is 2.23. The van der Waals surface area contributed by atoms with Crippen molar-refractivity contribution in [1.29, 1.82) is 0 Å². The molecule has 12 heteroatoms. The molecule has 0 saturated heterocycles. The Morgan fingerprint density at radius 3 is 2.59 bits per heavy atom. The van der Waals surface area contributed by atoms with E-state index in [1.54, 1.807) is 16.8 Å². The van der Waals surface area contributed by atoms with Crippen LogP contribution in [-0.4, -0.2) is 38.9 Å². The number of primary amides is 1. The number of nitrogens with two attached hydrogens (primary N) is 1. The van der Waals surface area contributed by atoms with Crippen LogP contribution in [0.1, 0.15) is 23.7 Å². The van der Waals surface area contributed by atoms with Crippen LogP contribution >= 0.6 is 22.7 Å². The van der Waals surface area contributed by atoms with Crippen LogP contribution in [0.25, 0.3) is 0 Å². The van der Waals surface area contributed by atoms with Crippen molar-refractivity contribution in [3.63, 3.8) is 0 Å². The van der Waals surface area contributed by atoms with Crippen LogP contribution in [0.4, 0.5) is 5.00 Å². The highest BCUT2D eigenvalue weighted by atomic mass is 32.2. The van der Waals surface area contributed by atoms with Gasteiger partial charge in [0, 0.05) is 6.54 Å². The second-order valence-electron chi connectivity index (χ2n) is 5.23. The van der Waals surface area contributed by atoms with Crippen LogP contribution in [-0.2, 0) is 24.3 Å². The van der Waals surface area contributed by atoms with Crippen molar-refractivity contribution in [2.24, 2.45) is 5.73 Å². The minimum atomic E-state index is -3.67. The fourth-order valence-electron chi connectivity index (χ4n) is 1.90. The highest BCUT2D eigenvalue weighted by molar-refractivity contribution is 7.91. The molecule has 0 aliphatic carbocycles. The van der Waals surface area contributed by atoms with E-state index in [0.717, 1.165) is 22.7 Å². The van der Waals surface area contributed by atoms with Gasteiger partial charge in [0.15, 0.2) is 6.10 Å². The predicted molar refractivity (Wildman–Crippen MR) is 101 cm³/mol. The molecule has 146 valence electrons. The van der Waals surface area contributed by atoms with Crippen LogP contribution < -0.4 is 15.8 Å². The lowest BCUT2D eigenvalue weighted by atomic mass is 10.3. The smallest absolute Gasteiger partial charge is 0.307 e. The standard InChI is InChI=1S/C15H17N3O6S3/c1-9(14(21)18-15-10(13(16)20)5-8-26-15)24-11(19)4-6-17-27(22,23)12-3-2-7-25-12/h2-3,5,7-9,17H,4,6H2,1H3,(H2,16,20)(H,18,21). The maximum absolute atomic E-state index is 12.1. The van der Waals surface area contributed by atoms with Crippen LogP contribution in [0.5, 0.6) is 0 Å². The molecule has 2 rings (SSSR count). The van der Waals surface area contributed by atoms with Crippen molar-refractivity contribution in [3.05, 3.63) is 34.5 Å². The molecule has 1 atom stereocenters. The van der Waals surface area contributed by atoms with Gasteiger partial charge < -0.3 is 15.8 Å². The molecule has 27 heavy (non-hydrogen) atoms. The van der Waals surface area contributed by atoms with Gasteiger partial charge in [0.25, 0.3) is 11.8 Å². The number of amides is 2. The number of carbonyl (C=O) groups excluding carboxylic acids is 3. The molecule has 0 saturated carbocycles. The van der Waals surface area contributed by atoms with Gasteiger partial charge in [-0.05, 0) is 29.8 Å². The largest absolute Gasteiger partial charge is 0.452 e. The molecule has 1 unspecified atom stereocenters. The van der Waals surface area contributed by atoms with Gasteiger partial charge in [0.1, 0.15) is 9.21 Å². The first-order valence-corrected chi connectivity index (χ1v) is 10.9. The van der Waals surface area contributed by atoms with Gasteiger partial charge in [-0.1, -0.05) is 6.07 Å². The summed E-state index contributed by atoms with van der Waals surface area (Å²) in [4.78, 5) is 35.1. The third-order valence-electron chi connectivity index (χ3n) is 3.23. The first-order chi connectivity index (χ1) is 12.7. The summed E-state index contributed by atoms with van der Waals surface area (Å²) in [5.74, 6) is -2.06. The second-order valence-corrected chi connectivity index (χ2v) is 9.09. The molecule has 0 bridgehead atoms. The van der Waals surface area contributed by atoms with Crippen molar-refractivity contribution >= 4 is 55.5 Å². The summed E-state index contributed by atoms with van der Waals surface area (Å²) in [6.45, 7) is 1.20. The first kappa shape index (κ1) is 21.0. The number of hydrogen-bond donors (Lipinski definition) is 3. The van der Waals surface area contributed by atoms with Crippen LogP contribution in [0.2, 0.25) is 0 Å². The quantitative estimate of drug-likeness (QED) is 0.508. The zero-order chi connectivity index (χ0) is 20.0. The summed E-state index contributed by atoms with van der Waals surface area (Å²) in [6, 6.07) is 4.52. The normalized spacial score (nSPS) is 12.3. The lowest BCUT2D eigenvalue weighted by molar-refractivity contribution is -0.152. The van der Waals surface area contributed by atoms with Gasteiger partial charge in [0.2, 0.25) is 10.0 Å². The van der Waals surface area contributed by atoms with E-state index in [1.807, 2.05) is 0 Å². The molecule has 0 fully saturated rings. The Hall–Kier alpha value is -2.28. The maximum Gasteiger partial charge on any atom is 0.307 e. The monoisotopic (exact) mass is 431 g/mol. The Bertz CT molecular complexity index is 921. The number of rotatable bonds is 9. The molecule has 0 aliphatic rings. The zero-order valence-corrected chi connectivity index (χ0v) is 16.6. The number of hydrogen-bond acceptors (Lipinski definition) is 8. The molecule has 0 radical (unpaired) electrons. The summed E-state index contributed by atoms with van der Waals surface area (Å²) >= 11 is 2.17. The topological polar surface area (TPSA) is 145 Å². The van der Waals surface area contributed by atoms with Gasteiger partial charge in [-0.2, -0.15) is 0 Å². The molecule has 2 amide bonds. The Morgan fingerprint density at radius 1 is 1.22 bits per heavy atom. The minimum Gasteiger partial charge on any atom is -0.452 e. The minimum absolute atomic E-state index is 0.143. The lowest BCUT2D eigenvalue weighted by Crippen LogP contribution is -2.32. The van der Waals surface area contributed by atoms with Crippen molar-refractivity contribution in [2.75, 3.05) is 11.9 Å². The Labute approximate surface area is 163 Å². The van der Waals surface area contributed by atoms with Gasteiger partial charge in [-0.15, -0.1) is 22.7 Å². The summed E-state index contributed by atoms with van der Waals surface area (Å²) < 4.78 is 31.2. The third kappa shape index (κ3) is 5.85. The number of carbonyl (C=O) groups is 3. The molecular formula is C15H17N3O6S3. The maximum atomic E-state index is 12.1. The second kappa shape index (κ2) is 9.08. The fraction of sp³-hybridized carbons (Fsp3) is 0.267. The van der Waals surface area contributed by atoms with Crippen molar-refractivity contribution in [3.8, 4) is 0 Å². The number of ether oxygens (including phenoxy) is 1. The number of esters is 1. The van der Waals surface area contributed by atoms with E-state index in [1.165, 1.54) is 19.1 Å². The molecular weight excluding hydrogens is 414 g/mol. The molecule has 2 heterocycles. The molecule has 4 N–H and O–H groups in total. The van der Waals surface area contributed by atoms with Crippen molar-refractivity contribution < 1.29 is 27.5 Å². The molecule has 2 aromatic heterocycles. The van der Waals surface area contributed by atoms with Gasteiger partial charge >= 0.3 is 5.97 Å². The van der Waals surface area contributed by atoms with Crippen molar-refractivity contribution in [2.45, 2.75) is 23.7 Å². The molecule has 9 nitrogen and oxygen atoms in total. The van der Waals surface area contributed by atoms with E-state index >= 15 is 0 Å². The SMILES string of the molecule is CC(OC(=O)CCNS(=O)(=O)c1cccs1)C(=O)Nc1sccc1C(N)=O. The molecule has 0 aliphatic heterocycles. The average molecular weight is 432 g/mol. The average Bonchev–Trinajstić information content (AvgIpc) is 3.26. The summed E-state index contributed by atoms with van der Waals surface area (Å²) in [5.41, 5.74) is 5.35. The van der Waals surface area contributed by atoms with E-state index in [2.05, 4.69) is 10.0 Å². The fourth-order valence-corrected chi connectivity index (χ4v) is 4.76. The van der Waals surface area contributed by atoms with Crippen LogP contribution in [0.3, 0.4) is 0 Å². The number of thiophene rings is 2. The van der Waals surface area contributed by atoms with Crippen LogP contribution in [0.15, 0.2) is 33.2 Å². The van der Waals surface area contributed by atoms with Gasteiger partial charge in [-0.3, -0.25) is 14.4 Å². The third-order valence-corrected chi connectivity index (χ3v) is 6.91. The van der Waals surface area contributed by atoms with Gasteiger partial charge in [0.05, 0.1) is 12.0 Å². The molecule has 0 aromatic carbocycles. The lowest BCUT2D eigenvalue weighted by Gasteiger charge is -2.13. The Kier molecular flexibility index (Phi) is 7.07. The molecule has 0 spiro atoms. The van der Waals surface area contributed by atoms with E-state index in [-0.39, 0.29) is 27.7 Å². The number of nitrogens with one attached hydrogen (secondary N) is 2. The summed E-state index contributed by atoms with van der Waals surface area (Å²) in [6.07, 6.45) is -1.37. The summed E-state index contributed by atoms with van der Waals surface area (Å²) in [5, 5.41) is 5.95. The van der Waals surface area contributed by atoms with E-state index in [9.17, 15) is 22.8 Å².